The summed E-state index contributed by atoms with van der Waals surface area (Å²) < 4.78 is 2.04. The Morgan fingerprint density at radius 1 is 1.17 bits per heavy atom. The van der Waals surface area contributed by atoms with Crippen molar-refractivity contribution in [3.63, 3.8) is 0 Å². The van der Waals surface area contributed by atoms with E-state index < -0.39 is 0 Å². The fraction of sp³-hybridized carbons (Fsp3) is 0.261. The highest BCUT2D eigenvalue weighted by atomic mass is 32.1. The van der Waals surface area contributed by atoms with Gasteiger partial charge in [0.15, 0.2) is 17.2 Å². The molecule has 0 atom stereocenters. The molecule has 3 aromatic heterocycles. The second-order valence-corrected chi connectivity index (χ2v) is 8.55. The highest BCUT2D eigenvalue weighted by Gasteiger charge is 2.24. The maximum absolute atomic E-state index is 12.3. The molecule has 1 aliphatic rings. The van der Waals surface area contributed by atoms with Gasteiger partial charge in [0.1, 0.15) is 0 Å². The van der Waals surface area contributed by atoms with Crippen molar-refractivity contribution < 1.29 is 4.79 Å². The molecular formula is C23H22N4OS. The summed E-state index contributed by atoms with van der Waals surface area (Å²) in [4.78, 5) is 22.7. The minimum atomic E-state index is 0.249. The number of Topliss-reactive ketones (excluding diaryl/α,β-unsaturated/α-hetero) is 1. The number of aromatic nitrogens is 3. The number of benzene rings is 1. The van der Waals surface area contributed by atoms with E-state index in [1.165, 1.54) is 17.7 Å². The molecule has 4 aromatic rings. The molecular weight excluding hydrogens is 380 g/mol. The number of hydrogen-bond donors (Lipinski definition) is 1. The van der Waals surface area contributed by atoms with Crippen LogP contribution in [0.1, 0.15) is 34.5 Å². The van der Waals surface area contributed by atoms with Gasteiger partial charge in [-0.15, -0.1) is 11.3 Å². The van der Waals surface area contributed by atoms with E-state index in [1.54, 1.807) is 17.5 Å². The van der Waals surface area contributed by atoms with Crippen LogP contribution in [-0.4, -0.2) is 26.7 Å². The third-order valence-corrected chi connectivity index (χ3v) is 6.28. The Morgan fingerprint density at radius 3 is 2.79 bits per heavy atom. The maximum Gasteiger partial charge on any atom is 0.180 e. The topological polar surface area (TPSA) is 59.3 Å². The van der Waals surface area contributed by atoms with Crippen molar-refractivity contribution in [2.24, 2.45) is 5.92 Å². The van der Waals surface area contributed by atoms with E-state index in [-0.39, 0.29) is 5.78 Å². The van der Waals surface area contributed by atoms with Gasteiger partial charge in [-0.1, -0.05) is 30.3 Å². The standard InChI is InChI=1S/C23H22N4OS/c28-21(14-16-3-4-16)18-7-5-17(6-8-18)20-15-26-23-22(25-11-12-27(20)23)24-10-9-19-2-1-13-29-19/h1-2,5-8,11-13,15-16H,3-4,9-10,14H2,(H,24,25). The van der Waals surface area contributed by atoms with Gasteiger partial charge in [-0.3, -0.25) is 9.20 Å². The van der Waals surface area contributed by atoms with Crippen LogP contribution in [0.25, 0.3) is 16.9 Å². The first-order valence-corrected chi connectivity index (χ1v) is 10.9. The Hall–Kier alpha value is -2.99. The molecule has 0 radical (unpaired) electrons. The lowest BCUT2D eigenvalue weighted by Crippen LogP contribution is -2.07. The average molecular weight is 403 g/mol. The first kappa shape index (κ1) is 18.1. The minimum Gasteiger partial charge on any atom is -0.367 e. The van der Waals surface area contributed by atoms with Crippen LogP contribution in [0.4, 0.5) is 5.82 Å². The van der Waals surface area contributed by atoms with Crippen LogP contribution in [0.15, 0.2) is 60.4 Å². The van der Waals surface area contributed by atoms with Crippen molar-refractivity contribution in [3.05, 3.63) is 70.8 Å². The van der Waals surface area contributed by atoms with Crippen LogP contribution in [0.5, 0.6) is 0 Å². The zero-order valence-corrected chi connectivity index (χ0v) is 16.9. The minimum absolute atomic E-state index is 0.249. The third kappa shape index (κ3) is 3.93. The lowest BCUT2D eigenvalue weighted by molar-refractivity contribution is 0.0976. The first-order chi connectivity index (χ1) is 14.3. The number of anilines is 1. The molecule has 0 bridgehead atoms. The van der Waals surface area contributed by atoms with E-state index in [1.807, 2.05) is 41.1 Å². The normalized spacial score (nSPS) is 13.7. The van der Waals surface area contributed by atoms with E-state index in [2.05, 4.69) is 32.8 Å². The Labute approximate surface area is 173 Å². The van der Waals surface area contributed by atoms with Gasteiger partial charge in [-0.25, -0.2) is 9.97 Å². The molecule has 0 spiro atoms. The molecule has 0 unspecified atom stereocenters. The largest absolute Gasteiger partial charge is 0.367 e. The van der Waals surface area contributed by atoms with Crippen LogP contribution in [0, 0.1) is 5.92 Å². The fourth-order valence-electron chi connectivity index (χ4n) is 3.55. The third-order valence-electron chi connectivity index (χ3n) is 5.35. The second-order valence-electron chi connectivity index (χ2n) is 7.52. The molecule has 29 heavy (non-hydrogen) atoms. The van der Waals surface area contributed by atoms with Gasteiger partial charge in [0.2, 0.25) is 0 Å². The van der Waals surface area contributed by atoms with E-state index >= 15 is 0 Å². The highest BCUT2D eigenvalue weighted by Crippen LogP contribution is 2.33. The molecule has 6 heteroatoms. The molecule has 5 rings (SSSR count). The SMILES string of the molecule is O=C(CC1CC1)c1ccc(-c2cnc3c(NCCc4cccs4)nccn23)cc1. The molecule has 1 aliphatic carbocycles. The zero-order valence-electron chi connectivity index (χ0n) is 16.0. The molecule has 0 amide bonds. The molecule has 1 saturated carbocycles. The lowest BCUT2D eigenvalue weighted by Gasteiger charge is -2.08. The quantitative estimate of drug-likeness (QED) is 0.417. The van der Waals surface area contributed by atoms with E-state index in [0.717, 1.165) is 41.3 Å². The number of rotatable bonds is 8. The maximum atomic E-state index is 12.3. The number of nitrogens with zero attached hydrogens (tertiary/aromatic N) is 3. The van der Waals surface area contributed by atoms with E-state index in [9.17, 15) is 4.79 Å². The lowest BCUT2D eigenvalue weighted by atomic mass is 10.0. The number of ketones is 1. The van der Waals surface area contributed by atoms with Gasteiger partial charge < -0.3 is 5.32 Å². The van der Waals surface area contributed by atoms with Crippen molar-refractivity contribution in [1.29, 1.82) is 0 Å². The summed E-state index contributed by atoms with van der Waals surface area (Å²) in [6.45, 7) is 0.813. The molecule has 1 N–H and O–H groups in total. The van der Waals surface area contributed by atoms with Crippen LogP contribution >= 0.6 is 11.3 Å². The van der Waals surface area contributed by atoms with Gasteiger partial charge >= 0.3 is 0 Å². The van der Waals surface area contributed by atoms with Crippen molar-refractivity contribution in [1.82, 2.24) is 14.4 Å². The van der Waals surface area contributed by atoms with Gasteiger partial charge in [0.05, 0.1) is 11.9 Å². The Balaban J connectivity index is 1.34. The van der Waals surface area contributed by atoms with Gasteiger partial charge in [-0.05, 0) is 36.6 Å². The summed E-state index contributed by atoms with van der Waals surface area (Å²) in [7, 11) is 0. The molecule has 3 heterocycles. The number of hydrogen-bond acceptors (Lipinski definition) is 5. The van der Waals surface area contributed by atoms with Gasteiger partial charge in [0.25, 0.3) is 0 Å². The predicted octanol–water partition coefficient (Wildman–Crippen LogP) is 5.10. The number of nitrogens with one attached hydrogen (secondary N) is 1. The summed E-state index contributed by atoms with van der Waals surface area (Å²) in [5, 5.41) is 5.50. The van der Waals surface area contributed by atoms with Crippen molar-refractivity contribution in [2.75, 3.05) is 11.9 Å². The van der Waals surface area contributed by atoms with Gasteiger partial charge in [-0.2, -0.15) is 0 Å². The molecule has 0 saturated heterocycles. The Bertz CT molecular complexity index is 1130. The van der Waals surface area contributed by atoms with Crippen LogP contribution in [0.2, 0.25) is 0 Å². The monoisotopic (exact) mass is 402 g/mol. The smallest absolute Gasteiger partial charge is 0.180 e. The Morgan fingerprint density at radius 2 is 2.03 bits per heavy atom. The molecule has 5 nitrogen and oxygen atoms in total. The summed E-state index contributed by atoms with van der Waals surface area (Å²) in [5.74, 6) is 1.64. The molecule has 146 valence electrons. The predicted molar refractivity (Wildman–Crippen MR) is 117 cm³/mol. The summed E-state index contributed by atoms with van der Waals surface area (Å²) >= 11 is 1.77. The fourth-order valence-corrected chi connectivity index (χ4v) is 4.25. The van der Waals surface area contributed by atoms with Gasteiger partial charge in [0, 0.05) is 41.4 Å². The van der Waals surface area contributed by atoms with Crippen LogP contribution in [0.3, 0.4) is 0 Å². The van der Waals surface area contributed by atoms with Crippen molar-refractivity contribution >= 4 is 28.6 Å². The highest BCUT2D eigenvalue weighted by molar-refractivity contribution is 7.09. The van der Waals surface area contributed by atoms with Crippen molar-refractivity contribution in [3.8, 4) is 11.3 Å². The number of thiophene rings is 1. The van der Waals surface area contributed by atoms with Crippen molar-refractivity contribution in [2.45, 2.75) is 25.7 Å². The molecule has 0 aliphatic heterocycles. The van der Waals surface area contributed by atoms with Crippen LogP contribution < -0.4 is 5.32 Å². The number of carbonyl (C=O) groups is 1. The number of fused-ring (bicyclic) bond motifs is 1. The Kier molecular flexibility index (Phi) is 4.86. The van der Waals surface area contributed by atoms with E-state index in [4.69, 9.17) is 0 Å². The molecule has 1 fully saturated rings. The number of imidazole rings is 1. The number of carbonyl (C=O) groups excluding carboxylic acids is 1. The summed E-state index contributed by atoms with van der Waals surface area (Å²) in [6.07, 6.45) is 9.62. The summed E-state index contributed by atoms with van der Waals surface area (Å²) in [5.41, 5.74) is 3.63. The summed E-state index contributed by atoms with van der Waals surface area (Å²) in [6, 6.07) is 12.1. The zero-order chi connectivity index (χ0) is 19.6. The molecule has 1 aromatic carbocycles. The average Bonchev–Trinajstić information content (AvgIpc) is 3.23. The van der Waals surface area contributed by atoms with Crippen LogP contribution in [-0.2, 0) is 6.42 Å². The van der Waals surface area contributed by atoms with E-state index in [0.29, 0.717) is 12.3 Å². The first-order valence-electron chi connectivity index (χ1n) is 10.00. The second kappa shape index (κ2) is 7.79.